The summed E-state index contributed by atoms with van der Waals surface area (Å²) in [7, 11) is 1.55. The molecule has 118 valence electrons. The number of ether oxygens (including phenoxy) is 1. The number of methoxy groups -OCH3 is 1. The van der Waals surface area contributed by atoms with Crippen LogP contribution in [-0.4, -0.2) is 29.9 Å². The Morgan fingerprint density at radius 2 is 1.87 bits per heavy atom. The van der Waals surface area contributed by atoms with Gasteiger partial charge in [0.05, 0.1) is 12.8 Å². The third kappa shape index (κ3) is 2.77. The van der Waals surface area contributed by atoms with Crippen LogP contribution in [0.5, 0.6) is 5.75 Å². The zero-order valence-electron chi connectivity index (χ0n) is 13.1. The van der Waals surface area contributed by atoms with Gasteiger partial charge < -0.3 is 15.0 Å². The molecule has 5 nitrogen and oxygen atoms in total. The third-order valence-electron chi connectivity index (χ3n) is 4.06. The van der Waals surface area contributed by atoms with Crippen molar-refractivity contribution in [1.29, 1.82) is 0 Å². The molecule has 1 N–H and O–H groups in total. The molecular weight excluding hydrogens is 292 g/mol. The van der Waals surface area contributed by atoms with E-state index in [9.17, 15) is 9.59 Å². The van der Waals surface area contributed by atoms with Gasteiger partial charge in [-0.3, -0.25) is 9.59 Å². The molecule has 1 aliphatic rings. The summed E-state index contributed by atoms with van der Waals surface area (Å²) in [5.41, 5.74) is 2.22. The summed E-state index contributed by atoms with van der Waals surface area (Å²) in [6, 6.07) is 14.1. The maximum Gasteiger partial charge on any atom is 0.255 e. The van der Waals surface area contributed by atoms with Gasteiger partial charge in [0.15, 0.2) is 0 Å². The van der Waals surface area contributed by atoms with E-state index in [1.165, 1.54) is 0 Å². The minimum absolute atomic E-state index is 0.108. The summed E-state index contributed by atoms with van der Waals surface area (Å²) < 4.78 is 5.23. The maximum atomic E-state index is 12.5. The molecule has 1 aliphatic heterocycles. The van der Waals surface area contributed by atoms with E-state index in [2.05, 4.69) is 5.32 Å². The first-order valence-electron chi connectivity index (χ1n) is 7.44. The minimum Gasteiger partial charge on any atom is -0.495 e. The van der Waals surface area contributed by atoms with Crippen LogP contribution < -0.4 is 10.1 Å². The summed E-state index contributed by atoms with van der Waals surface area (Å²) >= 11 is 0. The first-order valence-corrected chi connectivity index (χ1v) is 7.44. The molecule has 0 saturated carbocycles. The number of hydrogen-bond acceptors (Lipinski definition) is 3. The normalized spacial score (nSPS) is 14.3. The standard InChI is InChI=1S/C18H18N2O3/c1-12(17(21)19-15-9-5-6-10-16(15)23-2)20-11-13-7-3-4-8-14(13)18(20)22/h3-10,12H,11H2,1-2H3,(H,19,21)/t12-/m0/s1. The van der Waals surface area contributed by atoms with Crippen LogP contribution in [0.3, 0.4) is 0 Å². The molecule has 2 aromatic carbocycles. The lowest BCUT2D eigenvalue weighted by Crippen LogP contribution is -2.42. The van der Waals surface area contributed by atoms with Crippen LogP contribution >= 0.6 is 0 Å². The molecule has 0 spiro atoms. The molecule has 23 heavy (non-hydrogen) atoms. The number of nitrogens with one attached hydrogen (secondary N) is 1. The molecule has 1 heterocycles. The van der Waals surface area contributed by atoms with Crippen molar-refractivity contribution in [2.75, 3.05) is 12.4 Å². The fraction of sp³-hybridized carbons (Fsp3) is 0.222. The fourth-order valence-corrected chi connectivity index (χ4v) is 2.72. The molecule has 0 radical (unpaired) electrons. The number of amides is 2. The van der Waals surface area contributed by atoms with Gasteiger partial charge in [-0.05, 0) is 30.7 Å². The Balaban J connectivity index is 1.75. The first-order chi connectivity index (χ1) is 11.1. The van der Waals surface area contributed by atoms with Gasteiger partial charge in [-0.15, -0.1) is 0 Å². The summed E-state index contributed by atoms with van der Waals surface area (Å²) in [5, 5.41) is 2.83. The lowest BCUT2D eigenvalue weighted by atomic mass is 10.1. The predicted octanol–water partition coefficient (Wildman–Crippen LogP) is 2.68. The number of nitrogens with zero attached hydrogens (tertiary/aromatic N) is 1. The average Bonchev–Trinajstić information content (AvgIpc) is 2.92. The van der Waals surface area contributed by atoms with Gasteiger partial charge in [0.1, 0.15) is 11.8 Å². The smallest absolute Gasteiger partial charge is 0.255 e. The van der Waals surface area contributed by atoms with E-state index >= 15 is 0 Å². The second-order valence-electron chi connectivity index (χ2n) is 5.46. The predicted molar refractivity (Wildman–Crippen MR) is 87.4 cm³/mol. The summed E-state index contributed by atoms with van der Waals surface area (Å²) in [5.74, 6) is 0.239. The number of benzene rings is 2. The van der Waals surface area contributed by atoms with Gasteiger partial charge in [-0.1, -0.05) is 30.3 Å². The van der Waals surface area contributed by atoms with Crippen molar-refractivity contribution in [3.8, 4) is 5.75 Å². The number of carbonyl (C=O) groups excluding carboxylic acids is 2. The minimum atomic E-state index is -0.570. The van der Waals surface area contributed by atoms with E-state index in [4.69, 9.17) is 4.74 Å². The lowest BCUT2D eigenvalue weighted by Gasteiger charge is -2.23. The van der Waals surface area contributed by atoms with Gasteiger partial charge in [0.25, 0.3) is 5.91 Å². The van der Waals surface area contributed by atoms with E-state index in [0.717, 1.165) is 5.56 Å². The Morgan fingerprint density at radius 1 is 1.17 bits per heavy atom. The Hall–Kier alpha value is -2.82. The monoisotopic (exact) mass is 310 g/mol. The molecule has 0 fully saturated rings. The van der Waals surface area contributed by atoms with Crippen molar-refractivity contribution in [1.82, 2.24) is 4.90 Å². The molecule has 3 rings (SSSR count). The number of fused-ring (bicyclic) bond motifs is 1. The van der Waals surface area contributed by atoms with Crippen LogP contribution in [0, 0.1) is 0 Å². The Morgan fingerprint density at radius 3 is 2.61 bits per heavy atom. The Bertz CT molecular complexity index is 757. The highest BCUT2D eigenvalue weighted by molar-refractivity contribution is 6.03. The Kier molecular flexibility index (Phi) is 4.02. The highest BCUT2D eigenvalue weighted by Crippen LogP contribution is 2.26. The van der Waals surface area contributed by atoms with E-state index in [1.54, 1.807) is 37.1 Å². The van der Waals surface area contributed by atoms with Crippen LogP contribution in [0.25, 0.3) is 0 Å². The van der Waals surface area contributed by atoms with Gasteiger partial charge in [0, 0.05) is 12.1 Å². The van der Waals surface area contributed by atoms with Crippen LogP contribution in [0.2, 0.25) is 0 Å². The summed E-state index contributed by atoms with van der Waals surface area (Å²) in [4.78, 5) is 26.5. The van der Waals surface area contributed by atoms with E-state index in [-0.39, 0.29) is 11.8 Å². The SMILES string of the molecule is COc1ccccc1NC(=O)[C@H](C)N1Cc2ccccc2C1=O. The van der Waals surface area contributed by atoms with Crippen molar-refractivity contribution >= 4 is 17.5 Å². The van der Waals surface area contributed by atoms with E-state index < -0.39 is 6.04 Å². The fourth-order valence-electron chi connectivity index (χ4n) is 2.72. The number of hydrogen-bond donors (Lipinski definition) is 1. The zero-order valence-corrected chi connectivity index (χ0v) is 13.1. The molecule has 0 bridgehead atoms. The van der Waals surface area contributed by atoms with Crippen LogP contribution in [0.1, 0.15) is 22.8 Å². The van der Waals surface area contributed by atoms with Gasteiger partial charge >= 0.3 is 0 Å². The first kappa shape index (κ1) is 15.1. The summed E-state index contributed by atoms with van der Waals surface area (Å²) in [6.07, 6.45) is 0. The second kappa shape index (κ2) is 6.12. The van der Waals surface area contributed by atoms with Gasteiger partial charge in [0.2, 0.25) is 5.91 Å². The largest absolute Gasteiger partial charge is 0.495 e. The van der Waals surface area contributed by atoms with Crippen molar-refractivity contribution in [3.63, 3.8) is 0 Å². The van der Waals surface area contributed by atoms with Crippen LogP contribution in [0.15, 0.2) is 48.5 Å². The highest BCUT2D eigenvalue weighted by Gasteiger charge is 2.33. The van der Waals surface area contributed by atoms with E-state index in [0.29, 0.717) is 23.5 Å². The summed E-state index contributed by atoms with van der Waals surface area (Å²) in [6.45, 7) is 2.18. The number of carbonyl (C=O) groups is 2. The number of para-hydroxylation sites is 2. The highest BCUT2D eigenvalue weighted by atomic mass is 16.5. The second-order valence-corrected chi connectivity index (χ2v) is 5.46. The van der Waals surface area contributed by atoms with Crippen LogP contribution in [0.4, 0.5) is 5.69 Å². The molecule has 2 amide bonds. The molecule has 0 aliphatic carbocycles. The molecule has 0 aromatic heterocycles. The molecule has 2 aromatic rings. The van der Waals surface area contributed by atoms with Gasteiger partial charge in [-0.2, -0.15) is 0 Å². The maximum absolute atomic E-state index is 12.5. The molecule has 1 atom stereocenters. The van der Waals surface area contributed by atoms with Crippen LogP contribution in [-0.2, 0) is 11.3 Å². The van der Waals surface area contributed by atoms with Gasteiger partial charge in [-0.25, -0.2) is 0 Å². The molecule has 0 unspecified atom stereocenters. The van der Waals surface area contributed by atoms with Crippen molar-refractivity contribution in [2.24, 2.45) is 0 Å². The van der Waals surface area contributed by atoms with E-state index in [1.807, 2.05) is 30.3 Å². The lowest BCUT2D eigenvalue weighted by molar-refractivity contribution is -0.120. The Labute approximate surface area is 134 Å². The molecule has 5 heteroatoms. The zero-order chi connectivity index (χ0) is 16.4. The number of rotatable bonds is 4. The molecule has 0 saturated heterocycles. The van der Waals surface area contributed by atoms with Crippen molar-refractivity contribution in [2.45, 2.75) is 19.5 Å². The quantitative estimate of drug-likeness (QED) is 0.944. The molecular formula is C18H18N2O3. The number of anilines is 1. The topological polar surface area (TPSA) is 58.6 Å². The average molecular weight is 310 g/mol. The third-order valence-corrected chi connectivity index (χ3v) is 4.06. The van der Waals surface area contributed by atoms with Crippen molar-refractivity contribution in [3.05, 3.63) is 59.7 Å². The van der Waals surface area contributed by atoms with Crippen molar-refractivity contribution < 1.29 is 14.3 Å².